The molecule has 0 radical (unpaired) electrons. The Kier molecular flexibility index (Phi) is 4.24. The lowest BCUT2D eigenvalue weighted by atomic mass is 9.94. The highest BCUT2D eigenvalue weighted by Gasteiger charge is 2.24. The molecular formula is C19H16O4. The molecule has 0 bridgehead atoms. The summed E-state index contributed by atoms with van der Waals surface area (Å²) >= 11 is 0. The van der Waals surface area contributed by atoms with E-state index in [-0.39, 0.29) is 18.0 Å². The van der Waals surface area contributed by atoms with Crippen LogP contribution >= 0.6 is 0 Å². The molecule has 1 heterocycles. The molecule has 0 saturated heterocycles. The first-order valence-electron chi connectivity index (χ1n) is 7.42. The number of hydrogen-bond acceptors (Lipinski definition) is 3. The van der Waals surface area contributed by atoms with Crippen molar-refractivity contribution in [2.45, 2.75) is 12.8 Å². The van der Waals surface area contributed by atoms with Crippen LogP contribution in [0.2, 0.25) is 0 Å². The van der Waals surface area contributed by atoms with E-state index in [1.807, 2.05) is 48.5 Å². The van der Waals surface area contributed by atoms with Crippen molar-refractivity contribution in [2.75, 3.05) is 0 Å². The Labute approximate surface area is 133 Å². The van der Waals surface area contributed by atoms with Crippen LogP contribution in [0.25, 0.3) is 11.0 Å². The Morgan fingerprint density at radius 2 is 1.70 bits per heavy atom. The van der Waals surface area contributed by atoms with Gasteiger partial charge in [0.05, 0.1) is 5.92 Å². The van der Waals surface area contributed by atoms with Crippen molar-refractivity contribution in [3.63, 3.8) is 0 Å². The minimum Gasteiger partial charge on any atom is -0.481 e. The molecular weight excluding hydrogens is 292 g/mol. The summed E-state index contributed by atoms with van der Waals surface area (Å²) in [6.45, 7) is 0. The third-order valence-electron chi connectivity index (χ3n) is 3.81. The lowest BCUT2D eigenvalue weighted by Gasteiger charge is -2.10. The maximum atomic E-state index is 12.4. The molecule has 1 aromatic heterocycles. The van der Waals surface area contributed by atoms with E-state index < -0.39 is 11.9 Å². The molecule has 1 N–H and O–H groups in total. The van der Waals surface area contributed by atoms with Crippen molar-refractivity contribution in [1.82, 2.24) is 0 Å². The van der Waals surface area contributed by atoms with Crippen molar-refractivity contribution < 1.29 is 19.1 Å². The first-order chi connectivity index (χ1) is 11.1. The number of para-hydroxylation sites is 1. The number of ketones is 1. The molecule has 4 heteroatoms. The third-order valence-corrected chi connectivity index (χ3v) is 3.81. The third kappa shape index (κ3) is 3.48. The van der Waals surface area contributed by atoms with E-state index in [2.05, 4.69) is 0 Å². The predicted molar refractivity (Wildman–Crippen MR) is 86.4 cm³/mol. The number of carboxylic acids is 1. The summed E-state index contributed by atoms with van der Waals surface area (Å²) < 4.78 is 5.52. The van der Waals surface area contributed by atoms with Crippen LogP contribution in [-0.4, -0.2) is 16.9 Å². The number of rotatable bonds is 6. The van der Waals surface area contributed by atoms with Crippen molar-refractivity contribution in [3.8, 4) is 0 Å². The molecule has 3 aromatic rings. The fourth-order valence-electron chi connectivity index (χ4n) is 2.59. The van der Waals surface area contributed by atoms with Gasteiger partial charge in [-0.1, -0.05) is 48.5 Å². The minimum absolute atomic E-state index is 0.0793. The van der Waals surface area contributed by atoms with Gasteiger partial charge < -0.3 is 9.52 Å². The number of carbonyl (C=O) groups is 2. The van der Waals surface area contributed by atoms with E-state index in [1.165, 1.54) is 0 Å². The van der Waals surface area contributed by atoms with Gasteiger partial charge >= 0.3 is 5.97 Å². The van der Waals surface area contributed by atoms with Crippen LogP contribution < -0.4 is 0 Å². The SMILES string of the molecule is O=C(C[C@@H](Cc1ccccc1)C(=O)O)c1cc2ccccc2o1. The second kappa shape index (κ2) is 6.48. The molecule has 0 amide bonds. The number of benzene rings is 2. The number of carboxylic acid groups (broad SMARTS) is 1. The lowest BCUT2D eigenvalue weighted by Crippen LogP contribution is -2.20. The zero-order valence-electron chi connectivity index (χ0n) is 12.4. The first-order valence-corrected chi connectivity index (χ1v) is 7.42. The van der Waals surface area contributed by atoms with E-state index in [0.717, 1.165) is 10.9 Å². The second-order valence-corrected chi connectivity index (χ2v) is 5.50. The van der Waals surface area contributed by atoms with Gasteiger partial charge in [-0.15, -0.1) is 0 Å². The van der Waals surface area contributed by atoms with Crippen molar-refractivity contribution in [2.24, 2.45) is 5.92 Å². The summed E-state index contributed by atoms with van der Waals surface area (Å²) in [6.07, 6.45) is 0.242. The van der Waals surface area contributed by atoms with E-state index in [4.69, 9.17) is 4.42 Å². The molecule has 0 aliphatic heterocycles. The van der Waals surface area contributed by atoms with Gasteiger partial charge in [-0.05, 0) is 24.1 Å². The number of fused-ring (bicyclic) bond motifs is 1. The van der Waals surface area contributed by atoms with Gasteiger partial charge in [-0.25, -0.2) is 0 Å². The minimum atomic E-state index is -0.974. The summed E-state index contributed by atoms with van der Waals surface area (Å²) in [5.74, 6) is -1.81. The van der Waals surface area contributed by atoms with Crippen molar-refractivity contribution in [1.29, 1.82) is 0 Å². The van der Waals surface area contributed by atoms with Crippen LogP contribution in [0.5, 0.6) is 0 Å². The molecule has 4 nitrogen and oxygen atoms in total. The zero-order chi connectivity index (χ0) is 16.2. The Morgan fingerprint density at radius 3 is 2.39 bits per heavy atom. The molecule has 0 spiro atoms. The maximum absolute atomic E-state index is 12.4. The summed E-state index contributed by atoms with van der Waals surface area (Å²) in [5.41, 5.74) is 1.53. The summed E-state index contributed by atoms with van der Waals surface area (Å²) in [4.78, 5) is 23.8. The normalized spacial score (nSPS) is 12.2. The topological polar surface area (TPSA) is 67.5 Å². The number of aliphatic carboxylic acids is 1. The van der Waals surface area contributed by atoms with Crippen molar-refractivity contribution >= 4 is 22.7 Å². The summed E-state index contributed by atoms with van der Waals surface area (Å²) in [7, 11) is 0. The average Bonchev–Trinajstić information content (AvgIpc) is 2.99. The van der Waals surface area contributed by atoms with E-state index in [9.17, 15) is 14.7 Å². The second-order valence-electron chi connectivity index (χ2n) is 5.50. The van der Waals surface area contributed by atoms with E-state index in [1.54, 1.807) is 12.1 Å². The Morgan fingerprint density at radius 1 is 1.00 bits per heavy atom. The van der Waals surface area contributed by atoms with Crippen molar-refractivity contribution in [3.05, 3.63) is 72.0 Å². The number of hydrogen-bond donors (Lipinski definition) is 1. The largest absolute Gasteiger partial charge is 0.481 e. The molecule has 3 rings (SSSR count). The van der Waals surface area contributed by atoms with Gasteiger partial charge in [-0.3, -0.25) is 9.59 Å². The van der Waals surface area contributed by atoms with Gasteiger partial charge in [0.1, 0.15) is 5.58 Å². The Bertz CT molecular complexity index is 800. The Hall–Kier alpha value is -2.88. The van der Waals surface area contributed by atoms with Crippen LogP contribution in [0, 0.1) is 5.92 Å². The fourth-order valence-corrected chi connectivity index (χ4v) is 2.59. The monoisotopic (exact) mass is 308 g/mol. The molecule has 116 valence electrons. The van der Waals surface area contributed by atoms with E-state index in [0.29, 0.717) is 12.0 Å². The number of furan rings is 1. The maximum Gasteiger partial charge on any atom is 0.307 e. The highest BCUT2D eigenvalue weighted by molar-refractivity contribution is 5.99. The van der Waals surface area contributed by atoms with Gasteiger partial charge in [0.2, 0.25) is 0 Å². The zero-order valence-corrected chi connectivity index (χ0v) is 12.4. The van der Waals surface area contributed by atoms with Gasteiger partial charge in [0.15, 0.2) is 11.5 Å². The Balaban J connectivity index is 1.76. The smallest absolute Gasteiger partial charge is 0.307 e. The van der Waals surface area contributed by atoms with Crippen LogP contribution in [-0.2, 0) is 11.2 Å². The average molecular weight is 308 g/mol. The lowest BCUT2D eigenvalue weighted by molar-refractivity contribution is -0.141. The highest BCUT2D eigenvalue weighted by atomic mass is 16.4. The first kappa shape index (κ1) is 15.0. The number of carbonyl (C=O) groups excluding carboxylic acids is 1. The molecule has 0 saturated carbocycles. The van der Waals surface area contributed by atoms with Gasteiger partial charge in [0, 0.05) is 11.8 Å². The van der Waals surface area contributed by atoms with E-state index >= 15 is 0 Å². The fraction of sp³-hybridized carbons (Fsp3) is 0.158. The molecule has 0 unspecified atom stereocenters. The standard InChI is InChI=1S/C19H16O4/c20-16(18-12-14-8-4-5-9-17(14)23-18)11-15(19(21)22)10-13-6-2-1-3-7-13/h1-9,12,15H,10-11H2,(H,21,22)/t15-/m1/s1. The van der Waals surface area contributed by atoms with Gasteiger partial charge in [-0.2, -0.15) is 0 Å². The molecule has 2 aromatic carbocycles. The highest BCUT2D eigenvalue weighted by Crippen LogP contribution is 2.22. The summed E-state index contributed by atoms with van der Waals surface area (Å²) in [6, 6.07) is 18.3. The summed E-state index contributed by atoms with van der Waals surface area (Å²) in [5, 5.41) is 10.2. The molecule has 0 aliphatic carbocycles. The van der Waals surface area contributed by atoms with Crippen LogP contribution in [0.15, 0.2) is 65.1 Å². The number of Topliss-reactive ketones (excluding diaryl/α,β-unsaturated/α-hetero) is 1. The molecule has 1 atom stereocenters. The van der Waals surface area contributed by atoms with Crippen LogP contribution in [0.1, 0.15) is 22.5 Å². The quantitative estimate of drug-likeness (QED) is 0.700. The predicted octanol–water partition coefficient (Wildman–Crippen LogP) is 3.95. The molecule has 0 fully saturated rings. The van der Waals surface area contributed by atoms with Crippen LogP contribution in [0.3, 0.4) is 0 Å². The van der Waals surface area contributed by atoms with Crippen LogP contribution in [0.4, 0.5) is 0 Å². The molecule has 23 heavy (non-hydrogen) atoms. The van der Waals surface area contributed by atoms with Gasteiger partial charge in [0.25, 0.3) is 0 Å². The molecule has 0 aliphatic rings.